The number of amides is 1. The molecule has 0 unspecified atom stereocenters. The average molecular weight is 384 g/mol. The van der Waals surface area contributed by atoms with Crippen LogP contribution in [0.3, 0.4) is 0 Å². The lowest BCUT2D eigenvalue weighted by Gasteiger charge is -2.36. The molecular formula is C21H24N2O5. The molecule has 2 aromatic rings. The molecule has 1 N–H and O–H groups in total. The van der Waals surface area contributed by atoms with Crippen LogP contribution < -0.4 is 19.5 Å². The molecule has 0 spiro atoms. The van der Waals surface area contributed by atoms with Crippen LogP contribution in [0.4, 0.5) is 5.69 Å². The molecule has 7 nitrogen and oxygen atoms in total. The number of benzene rings is 1. The lowest BCUT2D eigenvalue weighted by molar-refractivity contribution is -0.125. The summed E-state index contributed by atoms with van der Waals surface area (Å²) in [6, 6.07) is 9.27. The van der Waals surface area contributed by atoms with Gasteiger partial charge >= 0.3 is 0 Å². The Labute approximate surface area is 164 Å². The SMILES string of the molecule is CC(C)Oc1ccc(NC(=O)C2(c3ccc4c(c3)OCO4)CCOCC2)cn1. The summed E-state index contributed by atoms with van der Waals surface area (Å²) in [5.41, 5.74) is 0.852. The van der Waals surface area contributed by atoms with Gasteiger partial charge in [-0.1, -0.05) is 6.07 Å². The van der Waals surface area contributed by atoms with E-state index in [1.54, 1.807) is 18.3 Å². The van der Waals surface area contributed by atoms with Crippen molar-refractivity contribution in [1.29, 1.82) is 0 Å². The number of ether oxygens (including phenoxy) is 4. The predicted molar refractivity (Wildman–Crippen MR) is 103 cm³/mol. The second-order valence-corrected chi connectivity index (χ2v) is 7.27. The van der Waals surface area contributed by atoms with Gasteiger partial charge in [-0.2, -0.15) is 0 Å². The Bertz CT molecular complexity index is 844. The first-order valence-corrected chi connectivity index (χ1v) is 9.49. The van der Waals surface area contributed by atoms with Crippen molar-refractivity contribution in [2.45, 2.75) is 38.2 Å². The van der Waals surface area contributed by atoms with Gasteiger partial charge in [0.05, 0.1) is 23.4 Å². The van der Waals surface area contributed by atoms with E-state index in [1.807, 2.05) is 32.0 Å². The Hall–Kier alpha value is -2.80. The minimum absolute atomic E-state index is 0.0458. The lowest BCUT2D eigenvalue weighted by atomic mass is 9.73. The summed E-state index contributed by atoms with van der Waals surface area (Å²) >= 11 is 0. The zero-order chi connectivity index (χ0) is 19.6. The van der Waals surface area contributed by atoms with Gasteiger partial charge in [-0.05, 0) is 50.5 Å². The second-order valence-electron chi connectivity index (χ2n) is 7.27. The van der Waals surface area contributed by atoms with Gasteiger partial charge in [0.25, 0.3) is 0 Å². The first-order chi connectivity index (χ1) is 13.6. The third-order valence-corrected chi connectivity index (χ3v) is 5.06. The molecular weight excluding hydrogens is 360 g/mol. The Kier molecular flexibility index (Phi) is 5.09. The molecule has 2 aliphatic rings. The zero-order valence-electron chi connectivity index (χ0n) is 16.1. The van der Waals surface area contributed by atoms with Crippen LogP contribution >= 0.6 is 0 Å². The van der Waals surface area contributed by atoms with Crippen LogP contribution in [0.15, 0.2) is 36.5 Å². The fourth-order valence-corrected chi connectivity index (χ4v) is 3.58. The predicted octanol–water partition coefficient (Wildman–Crippen LogP) is 3.28. The van der Waals surface area contributed by atoms with Gasteiger partial charge < -0.3 is 24.3 Å². The molecule has 0 aliphatic carbocycles. The highest BCUT2D eigenvalue weighted by molar-refractivity contribution is 5.99. The number of carbonyl (C=O) groups is 1. The zero-order valence-corrected chi connectivity index (χ0v) is 16.1. The molecule has 4 rings (SSSR count). The highest BCUT2D eigenvalue weighted by atomic mass is 16.7. The number of hydrogen-bond acceptors (Lipinski definition) is 6. The quantitative estimate of drug-likeness (QED) is 0.852. The Morgan fingerprint density at radius 3 is 2.64 bits per heavy atom. The smallest absolute Gasteiger partial charge is 0.235 e. The number of hydrogen-bond donors (Lipinski definition) is 1. The van der Waals surface area contributed by atoms with Gasteiger partial charge in [-0.15, -0.1) is 0 Å². The number of fused-ring (bicyclic) bond motifs is 1. The monoisotopic (exact) mass is 384 g/mol. The Balaban J connectivity index is 1.58. The van der Waals surface area contributed by atoms with E-state index in [4.69, 9.17) is 18.9 Å². The van der Waals surface area contributed by atoms with Crippen LogP contribution in [-0.4, -0.2) is 37.0 Å². The average Bonchev–Trinajstić information content (AvgIpc) is 3.17. The van der Waals surface area contributed by atoms with Crippen LogP contribution in [0.5, 0.6) is 17.4 Å². The maximum atomic E-state index is 13.4. The standard InChI is InChI=1S/C21H24N2O5/c1-14(2)28-19-6-4-16(12-22-19)23-20(24)21(7-9-25-10-8-21)15-3-5-17-18(11-15)27-13-26-17/h3-6,11-12,14H,7-10,13H2,1-2H3,(H,23,24). The van der Waals surface area contributed by atoms with Crippen LogP contribution in [0, 0.1) is 0 Å². The van der Waals surface area contributed by atoms with Gasteiger partial charge in [0, 0.05) is 19.3 Å². The molecule has 0 radical (unpaired) electrons. The molecule has 2 aliphatic heterocycles. The molecule has 0 atom stereocenters. The third-order valence-electron chi connectivity index (χ3n) is 5.06. The molecule has 148 valence electrons. The second kappa shape index (κ2) is 7.67. The first kappa shape index (κ1) is 18.6. The summed E-state index contributed by atoms with van der Waals surface area (Å²) in [6.07, 6.45) is 2.85. The van der Waals surface area contributed by atoms with Gasteiger partial charge in [-0.3, -0.25) is 4.79 Å². The Morgan fingerprint density at radius 2 is 1.93 bits per heavy atom. The van der Waals surface area contributed by atoms with Crippen LogP contribution in [0.1, 0.15) is 32.3 Å². The first-order valence-electron chi connectivity index (χ1n) is 9.49. The molecule has 1 saturated heterocycles. The number of nitrogens with zero attached hydrogens (tertiary/aromatic N) is 1. The van der Waals surface area contributed by atoms with Crippen molar-refractivity contribution in [1.82, 2.24) is 4.98 Å². The van der Waals surface area contributed by atoms with E-state index in [0.717, 1.165) is 5.56 Å². The number of aromatic nitrogens is 1. The van der Waals surface area contributed by atoms with E-state index in [2.05, 4.69) is 10.3 Å². The molecule has 1 aromatic carbocycles. The van der Waals surface area contributed by atoms with E-state index < -0.39 is 5.41 Å². The Morgan fingerprint density at radius 1 is 1.14 bits per heavy atom. The molecule has 1 aromatic heterocycles. The van der Waals surface area contributed by atoms with Crippen molar-refractivity contribution in [2.24, 2.45) is 0 Å². The van der Waals surface area contributed by atoms with Gasteiger partial charge in [0.2, 0.25) is 18.6 Å². The summed E-state index contributed by atoms with van der Waals surface area (Å²) in [4.78, 5) is 17.6. The summed E-state index contributed by atoms with van der Waals surface area (Å²) in [6.45, 7) is 5.15. The van der Waals surface area contributed by atoms with E-state index in [-0.39, 0.29) is 18.8 Å². The minimum Gasteiger partial charge on any atom is -0.475 e. The van der Waals surface area contributed by atoms with Crippen molar-refractivity contribution < 1.29 is 23.7 Å². The number of anilines is 1. The molecule has 7 heteroatoms. The fourth-order valence-electron chi connectivity index (χ4n) is 3.58. The van der Waals surface area contributed by atoms with Crippen molar-refractivity contribution in [2.75, 3.05) is 25.3 Å². The van der Waals surface area contributed by atoms with Crippen molar-refractivity contribution >= 4 is 11.6 Å². The normalized spacial score (nSPS) is 17.4. The maximum absolute atomic E-state index is 13.4. The molecule has 3 heterocycles. The van der Waals surface area contributed by atoms with Crippen LogP contribution in [0.25, 0.3) is 0 Å². The number of pyridine rings is 1. The fraction of sp³-hybridized carbons (Fsp3) is 0.429. The third kappa shape index (κ3) is 3.62. The van der Waals surface area contributed by atoms with Crippen molar-refractivity contribution in [3.8, 4) is 17.4 Å². The van der Waals surface area contributed by atoms with Crippen molar-refractivity contribution in [3.05, 3.63) is 42.1 Å². The summed E-state index contributed by atoms with van der Waals surface area (Å²) in [5.74, 6) is 1.84. The summed E-state index contributed by atoms with van der Waals surface area (Å²) in [7, 11) is 0. The summed E-state index contributed by atoms with van der Waals surface area (Å²) in [5, 5.41) is 3.01. The molecule has 1 fully saturated rings. The van der Waals surface area contributed by atoms with Gasteiger partial charge in [0.1, 0.15) is 0 Å². The number of rotatable bonds is 5. The highest BCUT2D eigenvalue weighted by Gasteiger charge is 2.42. The highest BCUT2D eigenvalue weighted by Crippen LogP contribution is 2.41. The van der Waals surface area contributed by atoms with E-state index in [1.165, 1.54) is 0 Å². The minimum atomic E-state index is -0.688. The van der Waals surface area contributed by atoms with E-state index >= 15 is 0 Å². The van der Waals surface area contributed by atoms with Crippen molar-refractivity contribution in [3.63, 3.8) is 0 Å². The molecule has 0 saturated carbocycles. The van der Waals surface area contributed by atoms with Crippen LogP contribution in [-0.2, 0) is 14.9 Å². The number of carbonyl (C=O) groups excluding carboxylic acids is 1. The van der Waals surface area contributed by atoms with Gasteiger partial charge in [-0.25, -0.2) is 4.98 Å². The van der Waals surface area contributed by atoms with E-state index in [9.17, 15) is 4.79 Å². The van der Waals surface area contributed by atoms with E-state index in [0.29, 0.717) is 49.1 Å². The summed E-state index contributed by atoms with van der Waals surface area (Å²) < 4.78 is 22.0. The lowest BCUT2D eigenvalue weighted by Crippen LogP contribution is -2.44. The topological polar surface area (TPSA) is 78.9 Å². The number of nitrogens with one attached hydrogen (secondary N) is 1. The molecule has 1 amide bonds. The van der Waals surface area contributed by atoms with Crippen LogP contribution in [0.2, 0.25) is 0 Å². The maximum Gasteiger partial charge on any atom is 0.235 e. The largest absolute Gasteiger partial charge is 0.475 e. The molecule has 28 heavy (non-hydrogen) atoms. The molecule has 0 bridgehead atoms. The van der Waals surface area contributed by atoms with Gasteiger partial charge in [0.15, 0.2) is 11.5 Å².